The zero-order valence-electron chi connectivity index (χ0n) is 16.6. The van der Waals surface area contributed by atoms with Gasteiger partial charge in [-0.25, -0.2) is 15.0 Å². The van der Waals surface area contributed by atoms with Crippen molar-refractivity contribution in [1.29, 1.82) is 0 Å². The van der Waals surface area contributed by atoms with Crippen molar-refractivity contribution in [1.82, 2.24) is 15.0 Å². The minimum absolute atomic E-state index is 0.352. The molecular weight excluding hydrogens is 448 g/mol. The van der Waals surface area contributed by atoms with Crippen molar-refractivity contribution in [3.63, 3.8) is 0 Å². The third-order valence-corrected chi connectivity index (χ3v) is 5.33. The Labute approximate surface area is 182 Å². The number of fused-ring (bicyclic) bond motifs is 1. The number of ether oxygens (including phenoxy) is 3. The van der Waals surface area contributed by atoms with E-state index >= 15 is 0 Å². The topological polar surface area (TPSA) is 92.4 Å². The van der Waals surface area contributed by atoms with E-state index in [-0.39, 0.29) is 0 Å². The van der Waals surface area contributed by atoms with Gasteiger partial charge in [-0.2, -0.15) is 0 Å². The van der Waals surface area contributed by atoms with Gasteiger partial charge in [-0.05, 0) is 57.4 Å². The lowest BCUT2D eigenvalue weighted by Gasteiger charge is -2.15. The SMILES string of the molecule is COc1cccc(-c2cc(-c3cc(Br)c(OC)c(OC)c3)c3c(N)ncnc3n2)c1. The molecule has 0 amide bonds. The molecule has 0 spiro atoms. The van der Waals surface area contributed by atoms with Crippen LogP contribution in [0.4, 0.5) is 5.82 Å². The van der Waals surface area contributed by atoms with E-state index in [1.165, 1.54) is 6.33 Å². The molecule has 0 bridgehead atoms. The molecule has 0 aliphatic carbocycles. The van der Waals surface area contributed by atoms with Crippen LogP contribution in [-0.4, -0.2) is 36.3 Å². The zero-order valence-corrected chi connectivity index (χ0v) is 18.2. The Morgan fingerprint density at radius 2 is 1.73 bits per heavy atom. The van der Waals surface area contributed by atoms with Crippen LogP contribution >= 0.6 is 15.9 Å². The molecular formula is C22H19BrN4O3. The van der Waals surface area contributed by atoms with Gasteiger partial charge < -0.3 is 19.9 Å². The molecule has 4 rings (SSSR count). The summed E-state index contributed by atoms with van der Waals surface area (Å²) in [5.41, 5.74) is 10.0. The minimum atomic E-state index is 0.352. The van der Waals surface area contributed by atoms with Gasteiger partial charge in [0.25, 0.3) is 0 Å². The molecule has 30 heavy (non-hydrogen) atoms. The lowest BCUT2D eigenvalue weighted by Crippen LogP contribution is -1.99. The van der Waals surface area contributed by atoms with Gasteiger partial charge >= 0.3 is 0 Å². The summed E-state index contributed by atoms with van der Waals surface area (Å²) >= 11 is 3.56. The number of aromatic nitrogens is 3. The summed E-state index contributed by atoms with van der Waals surface area (Å²) < 4.78 is 17.1. The fourth-order valence-corrected chi connectivity index (χ4v) is 3.92. The molecule has 8 heteroatoms. The monoisotopic (exact) mass is 466 g/mol. The van der Waals surface area contributed by atoms with E-state index in [1.807, 2.05) is 42.5 Å². The van der Waals surface area contributed by atoms with Gasteiger partial charge in [0, 0.05) is 5.56 Å². The van der Waals surface area contributed by atoms with Gasteiger partial charge in [0.05, 0.1) is 36.9 Å². The highest BCUT2D eigenvalue weighted by Crippen LogP contribution is 2.42. The summed E-state index contributed by atoms with van der Waals surface area (Å²) in [5, 5.41) is 0.670. The first-order chi connectivity index (χ1) is 14.5. The van der Waals surface area contributed by atoms with Crippen LogP contribution in [0.2, 0.25) is 0 Å². The molecule has 2 heterocycles. The predicted molar refractivity (Wildman–Crippen MR) is 120 cm³/mol. The van der Waals surface area contributed by atoms with Gasteiger partial charge in [0.15, 0.2) is 17.1 Å². The van der Waals surface area contributed by atoms with Crippen molar-refractivity contribution in [2.45, 2.75) is 0 Å². The van der Waals surface area contributed by atoms with Crippen molar-refractivity contribution in [2.24, 2.45) is 0 Å². The average Bonchev–Trinajstić information content (AvgIpc) is 2.78. The molecule has 4 aromatic rings. The first kappa shape index (κ1) is 19.9. The van der Waals surface area contributed by atoms with Crippen LogP contribution in [-0.2, 0) is 0 Å². The molecule has 0 atom stereocenters. The number of pyridine rings is 1. The molecule has 0 unspecified atom stereocenters. The highest BCUT2D eigenvalue weighted by atomic mass is 79.9. The fraction of sp³-hybridized carbons (Fsp3) is 0.136. The van der Waals surface area contributed by atoms with Crippen LogP contribution in [0.25, 0.3) is 33.4 Å². The molecule has 2 N–H and O–H groups in total. The molecule has 152 valence electrons. The van der Waals surface area contributed by atoms with E-state index in [0.29, 0.717) is 28.4 Å². The fourth-order valence-electron chi connectivity index (χ4n) is 3.32. The Bertz CT molecular complexity index is 1250. The minimum Gasteiger partial charge on any atom is -0.497 e. The van der Waals surface area contributed by atoms with Crippen LogP contribution in [0, 0.1) is 0 Å². The maximum atomic E-state index is 6.21. The summed E-state index contributed by atoms with van der Waals surface area (Å²) in [7, 11) is 4.82. The van der Waals surface area contributed by atoms with E-state index in [9.17, 15) is 0 Å². The molecule has 7 nitrogen and oxygen atoms in total. The lowest BCUT2D eigenvalue weighted by atomic mass is 9.99. The van der Waals surface area contributed by atoms with Crippen LogP contribution in [0.3, 0.4) is 0 Å². The summed E-state index contributed by atoms with van der Waals surface area (Å²) in [5.74, 6) is 2.29. The largest absolute Gasteiger partial charge is 0.497 e. The Hall–Kier alpha value is -3.39. The maximum Gasteiger partial charge on any atom is 0.174 e. The third-order valence-electron chi connectivity index (χ3n) is 4.74. The van der Waals surface area contributed by atoms with E-state index < -0.39 is 0 Å². The number of nitrogens with zero attached hydrogens (tertiary/aromatic N) is 3. The smallest absolute Gasteiger partial charge is 0.174 e. The van der Waals surface area contributed by atoms with E-state index in [1.54, 1.807) is 21.3 Å². The number of nitrogens with two attached hydrogens (primary N) is 1. The lowest BCUT2D eigenvalue weighted by molar-refractivity contribution is 0.353. The van der Waals surface area contributed by atoms with Crippen molar-refractivity contribution in [2.75, 3.05) is 27.1 Å². The van der Waals surface area contributed by atoms with Crippen LogP contribution < -0.4 is 19.9 Å². The number of rotatable bonds is 5. The summed E-state index contributed by atoms with van der Waals surface area (Å²) in [4.78, 5) is 13.2. The first-order valence-corrected chi connectivity index (χ1v) is 9.82. The number of nitrogen functional groups attached to an aromatic ring is 1. The Morgan fingerprint density at radius 3 is 2.47 bits per heavy atom. The molecule has 2 aromatic heterocycles. The number of methoxy groups -OCH3 is 3. The maximum absolute atomic E-state index is 6.21. The van der Waals surface area contributed by atoms with E-state index in [0.717, 1.165) is 32.6 Å². The summed E-state index contributed by atoms with van der Waals surface area (Å²) in [6, 6.07) is 13.5. The Balaban J connectivity index is 2.02. The van der Waals surface area contributed by atoms with Crippen molar-refractivity contribution >= 4 is 32.8 Å². The average molecular weight is 467 g/mol. The molecule has 0 aliphatic rings. The van der Waals surface area contributed by atoms with Crippen LogP contribution in [0.15, 0.2) is 53.3 Å². The van der Waals surface area contributed by atoms with Gasteiger partial charge in [0.2, 0.25) is 0 Å². The predicted octanol–water partition coefficient (Wildman–Crippen LogP) is 4.73. The highest BCUT2D eigenvalue weighted by Gasteiger charge is 2.17. The van der Waals surface area contributed by atoms with Crippen molar-refractivity contribution < 1.29 is 14.2 Å². The highest BCUT2D eigenvalue weighted by molar-refractivity contribution is 9.10. The molecule has 0 radical (unpaired) electrons. The van der Waals surface area contributed by atoms with Crippen LogP contribution in [0.5, 0.6) is 17.2 Å². The standard InChI is InChI=1S/C22H19BrN4O3/c1-28-14-6-4-5-12(7-14)17-10-15(19-21(24)25-11-26-22(19)27-17)13-8-16(23)20(30-3)18(9-13)29-2/h4-11H,1-3H3,(H2,24,25,26,27). The second kappa shape index (κ2) is 8.16. The van der Waals surface area contributed by atoms with Crippen molar-refractivity contribution in [3.8, 4) is 39.6 Å². The number of halogens is 1. The number of hydrogen-bond acceptors (Lipinski definition) is 7. The third kappa shape index (κ3) is 3.50. The molecule has 0 saturated heterocycles. The second-order valence-electron chi connectivity index (χ2n) is 6.44. The summed E-state index contributed by atoms with van der Waals surface area (Å²) in [6.07, 6.45) is 1.41. The number of hydrogen-bond donors (Lipinski definition) is 1. The van der Waals surface area contributed by atoms with Crippen molar-refractivity contribution in [3.05, 3.63) is 53.3 Å². The van der Waals surface area contributed by atoms with E-state index in [2.05, 4.69) is 25.9 Å². The first-order valence-electron chi connectivity index (χ1n) is 9.03. The number of benzene rings is 2. The van der Waals surface area contributed by atoms with Gasteiger partial charge in [-0.15, -0.1) is 0 Å². The molecule has 0 fully saturated rings. The van der Waals surface area contributed by atoms with Crippen LogP contribution in [0.1, 0.15) is 0 Å². The Kier molecular flexibility index (Phi) is 5.41. The normalized spacial score (nSPS) is 10.8. The van der Waals surface area contributed by atoms with E-state index in [4.69, 9.17) is 24.9 Å². The molecule has 2 aromatic carbocycles. The van der Waals surface area contributed by atoms with Gasteiger partial charge in [0.1, 0.15) is 17.9 Å². The molecule has 0 aliphatic heterocycles. The quantitative estimate of drug-likeness (QED) is 0.454. The summed E-state index contributed by atoms with van der Waals surface area (Å²) in [6.45, 7) is 0. The molecule has 0 saturated carbocycles. The zero-order chi connectivity index (χ0) is 21.3. The van der Waals surface area contributed by atoms with Gasteiger partial charge in [-0.1, -0.05) is 12.1 Å². The number of anilines is 1. The Morgan fingerprint density at radius 1 is 0.900 bits per heavy atom. The second-order valence-corrected chi connectivity index (χ2v) is 7.29. The van der Waals surface area contributed by atoms with Gasteiger partial charge in [-0.3, -0.25) is 0 Å².